The van der Waals surface area contributed by atoms with Crippen molar-refractivity contribution in [3.05, 3.63) is 66.1 Å². The fraction of sp³-hybridized carbons (Fsp3) is 0.250. The fourth-order valence-corrected chi connectivity index (χ4v) is 3.00. The molecule has 0 fully saturated rings. The highest BCUT2D eigenvalue weighted by atomic mass is 16.2. The van der Waals surface area contributed by atoms with Crippen LogP contribution in [-0.2, 0) is 16.0 Å². The molecule has 3 aromatic rings. The van der Waals surface area contributed by atoms with E-state index in [1.807, 2.05) is 55.6 Å². The molecule has 2 aromatic heterocycles. The van der Waals surface area contributed by atoms with E-state index in [2.05, 4.69) is 20.6 Å². The van der Waals surface area contributed by atoms with E-state index in [9.17, 15) is 9.59 Å². The predicted octanol–water partition coefficient (Wildman–Crippen LogP) is 2.49. The second kappa shape index (κ2) is 7.82. The summed E-state index contributed by atoms with van der Waals surface area (Å²) in [6.45, 7) is 3.29. The van der Waals surface area contributed by atoms with E-state index in [0.29, 0.717) is 6.42 Å². The van der Waals surface area contributed by atoms with Crippen molar-refractivity contribution in [1.82, 2.24) is 20.6 Å². The molecule has 2 heterocycles. The van der Waals surface area contributed by atoms with Crippen LogP contribution in [0.15, 0.2) is 54.9 Å². The van der Waals surface area contributed by atoms with Crippen LogP contribution in [0.4, 0.5) is 0 Å². The molecule has 2 atom stereocenters. The molecule has 2 amide bonds. The van der Waals surface area contributed by atoms with Gasteiger partial charge < -0.3 is 15.6 Å². The lowest BCUT2D eigenvalue weighted by Gasteiger charge is -2.20. The number of nitrogens with zero attached hydrogens (tertiary/aromatic N) is 1. The van der Waals surface area contributed by atoms with Gasteiger partial charge in [-0.15, -0.1) is 0 Å². The van der Waals surface area contributed by atoms with Crippen LogP contribution in [0.5, 0.6) is 0 Å². The number of para-hydroxylation sites is 1. The van der Waals surface area contributed by atoms with Crippen LogP contribution in [0.3, 0.4) is 0 Å². The highest BCUT2D eigenvalue weighted by Gasteiger charge is 2.23. The molecule has 0 aliphatic rings. The third-order valence-corrected chi connectivity index (χ3v) is 4.28. The normalized spacial score (nSPS) is 13.2. The number of carbonyl (C=O) groups excluding carboxylic acids is 2. The number of amides is 2. The third-order valence-electron chi connectivity index (χ3n) is 4.28. The Bertz CT molecular complexity index is 904. The molecule has 0 aliphatic carbocycles. The summed E-state index contributed by atoms with van der Waals surface area (Å²) in [5.74, 6) is -0.473. The van der Waals surface area contributed by atoms with Gasteiger partial charge in [0, 0.05) is 36.6 Å². The number of aromatic nitrogens is 2. The molecule has 2 unspecified atom stereocenters. The molecule has 3 rings (SSSR count). The summed E-state index contributed by atoms with van der Waals surface area (Å²) in [7, 11) is 0. The van der Waals surface area contributed by atoms with E-state index < -0.39 is 6.04 Å². The molecule has 1 aromatic carbocycles. The highest BCUT2D eigenvalue weighted by molar-refractivity contribution is 5.89. The van der Waals surface area contributed by atoms with E-state index in [1.54, 1.807) is 6.20 Å². The van der Waals surface area contributed by atoms with Crippen LogP contribution in [0.25, 0.3) is 10.9 Å². The van der Waals surface area contributed by atoms with Gasteiger partial charge in [-0.1, -0.05) is 24.3 Å². The van der Waals surface area contributed by atoms with E-state index in [1.165, 1.54) is 6.92 Å². The van der Waals surface area contributed by atoms with E-state index in [-0.39, 0.29) is 17.9 Å². The Morgan fingerprint density at radius 1 is 1.12 bits per heavy atom. The van der Waals surface area contributed by atoms with Gasteiger partial charge in [-0.05, 0) is 30.7 Å². The van der Waals surface area contributed by atoms with Gasteiger partial charge in [-0.3, -0.25) is 14.6 Å². The summed E-state index contributed by atoms with van der Waals surface area (Å²) in [6.07, 6.45) is 3.98. The average molecular weight is 350 g/mol. The maximum Gasteiger partial charge on any atom is 0.243 e. The first-order valence-electron chi connectivity index (χ1n) is 8.58. The number of fused-ring (bicyclic) bond motifs is 1. The van der Waals surface area contributed by atoms with E-state index in [4.69, 9.17) is 0 Å². The Morgan fingerprint density at radius 2 is 1.88 bits per heavy atom. The first-order chi connectivity index (χ1) is 12.5. The lowest BCUT2D eigenvalue weighted by molar-refractivity contribution is -0.128. The highest BCUT2D eigenvalue weighted by Crippen LogP contribution is 2.19. The van der Waals surface area contributed by atoms with Gasteiger partial charge in [0.1, 0.15) is 6.04 Å². The fourth-order valence-electron chi connectivity index (χ4n) is 3.00. The average Bonchev–Trinajstić information content (AvgIpc) is 3.04. The quantitative estimate of drug-likeness (QED) is 0.638. The van der Waals surface area contributed by atoms with Crippen LogP contribution < -0.4 is 10.6 Å². The van der Waals surface area contributed by atoms with E-state index >= 15 is 0 Å². The Balaban J connectivity index is 1.77. The van der Waals surface area contributed by atoms with Crippen molar-refractivity contribution < 1.29 is 9.59 Å². The van der Waals surface area contributed by atoms with Gasteiger partial charge in [-0.2, -0.15) is 0 Å². The molecular weight excluding hydrogens is 328 g/mol. The SMILES string of the molecule is CC(=O)NC(Cc1c[nH]c2ccccc12)C(=O)NC(C)c1ccccn1. The number of pyridine rings is 1. The molecule has 0 radical (unpaired) electrons. The monoisotopic (exact) mass is 350 g/mol. The molecule has 6 nitrogen and oxygen atoms in total. The van der Waals surface area contributed by atoms with E-state index in [0.717, 1.165) is 22.2 Å². The maximum absolute atomic E-state index is 12.8. The van der Waals surface area contributed by atoms with Crippen LogP contribution in [-0.4, -0.2) is 27.8 Å². The van der Waals surface area contributed by atoms with Gasteiger partial charge in [0.05, 0.1) is 11.7 Å². The maximum atomic E-state index is 12.8. The van der Waals surface area contributed by atoms with Gasteiger partial charge in [0.15, 0.2) is 0 Å². The molecule has 0 saturated heterocycles. The Hall–Kier alpha value is -3.15. The molecule has 134 valence electrons. The molecule has 0 aliphatic heterocycles. The molecule has 0 saturated carbocycles. The lowest BCUT2D eigenvalue weighted by atomic mass is 10.0. The van der Waals surface area contributed by atoms with Gasteiger partial charge in [0.25, 0.3) is 0 Å². The van der Waals surface area contributed by atoms with Crippen LogP contribution >= 0.6 is 0 Å². The summed E-state index contributed by atoms with van der Waals surface area (Å²) in [5, 5.41) is 6.74. The van der Waals surface area contributed by atoms with Crippen molar-refractivity contribution in [2.75, 3.05) is 0 Å². The summed E-state index contributed by atoms with van der Waals surface area (Å²) < 4.78 is 0. The van der Waals surface area contributed by atoms with Crippen molar-refractivity contribution >= 4 is 22.7 Å². The third kappa shape index (κ3) is 4.08. The lowest BCUT2D eigenvalue weighted by Crippen LogP contribution is -2.48. The second-order valence-corrected chi connectivity index (χ2v) is 6.30. The Morgan fingerprint density at radius 3 is 2.62 bits per heavy atom. The largest absolute Gasteiger partial charge is 0.361 e. The van der Waals surface area contributed by atoms with Gasteiger partial charge in [0.2, 0.25) is 11.8 Å². The standard InChI is InChI=1S/C20H22N4O2/c1-13(17-8-5-6-10-21-17)23-20(26)19(24-14(2)25)11-15-12-22-18-9-4-3-7-16(15)18/h3-10,12-13,19,22H,11H2,1-2H3,(H,23,26)(H,24,25). The van der Waals surface area contributed by atoms with Crippen LogP contribution in [0.2, 0.25) is 0 Å². The van der Waals surface area contributed by atoms with Crippen molar-refractivity contribution in [3.8, 4) is 0 Å². The summed E-state index contributed by atoms with van der Waals surface area (Å²) in [5.41, 5.74) is 2.76. The zero-order valence-corrected chi connectivity index (χ0v) is 14.8. The van der Waals surface area contributed by atoms with Crippen molar-refractivity contribution in [3.63, 3.8) is 0 Å². The van der Waals surface area contributed by atoms with Gasteiger partial charge in [-0.25, -0.2) is 0 Å². The summed E-state index contributed by atoms with van der Waals surface area (Å²) in [6, 6.07) is 12.6. The van der Waals surface area contributed by atoms with Gasteiger partial charge >= 0.3 is 0 Å². The smallest absolute Gasteiger partial charge is 0.243 e. The number of carbonyl (C=O) groups is 2. The van der Waals surface area contributed by atoms with Crippen molar-refractivity contribution in [2.24, 2.45) is 0 Å². The summed E-state index contributed by atoms with van der Waals surface area (Å²) in [4.78, 5) is 31.8. The number of hydrogen-bond donors (Lipinski definition) is 3. The number of rotatable bonds is 6. The number of aromatic amines is 1. The Labute approximate surface area is 152 Å². The first kappa shape index (κ1) is 17.7. The number of nitrogens with one attached hydrogen (secondary N) is 3. The van der Waals surface area contributed by atoms with Crippen molar-refractivity contribution in [2.45, 2.75) is 32.4 Å². The molecule has 6 heteroatoms. The minimum absolute atomic E-state index is 0.233. The topological polar surface area (TPSA) is 86.9 Å². The van der Waals surface area contributed by atoms with Crippen LogP contribution in [0.1, 0.15) is 31.1 Å². The second-order valence-electron chi connectivity index (χ2n) is 6.30. The van der Waals surface area contributed by atoms with Crippen molar-refractivity contribution in [1.29, 1.82) is 0 Å². The minimum atomic E-state index is -0.655. The summed E-state index contributed by atoms with van der Waals surface area (Å²) >= 11 is 0. The number of H-pyrrole nitrogens is 1. The molecule has 0 spiro atoms. The molecular formula is C20H22N4O2. The number of hydrogen-bond acceptors (Lipinski definition) is 3. The zero-order chi connectivity index (χ0) is 18.5. The van der Waals surface area contributed by atoms with Crippen LogP contribution in [0, 0.1) is 0 Å². The predicted molar refractivity (Wildman–Crippen MR) is 100 cm³/mol. The first-order valence-corrected chi connectivity index (χ1v) is 8.58. The molecule has 26 heavy (non-hydrogen) atoms. The Kier molecular flexibility index (Phi) is 5.31. The minimum Gasteiger partial charge on any atom is -0.361 e. The number of benzene rings is 1. The molecule has 0 bridgehead atoms. The molecule has 3 N–H and O–H groups in total. The zero-order valence-electron chi connectivity index (χ0n) is 14.8.